The lowest BCUT2D eigenvalue weighted by molar-refractivity contribution is 0.0836. The Morgan fingerprint density at radius 2 is 2.21 bits per heavy atom. The van der Waals surface area contributed by atoms with Crippen molar-refractivity contribution in [3.05, 3.63) is 29.3 Å². The van der Waals surface area contributed by atoms with Crippen molar-refractivity contribution in [2.45, 2.75) is 38.8 Å². The van der Waals surface area contributed by atoms with E-state index >= 15 is 0 Å². The minimum Gasteiger partial charge on any atom is -0.508 e. The summed E-state index contributed by atoms with van der Waals surface area (Å²) in [7, 11) is 0. The van der Waals surface area contributed by atoms with Gasteiger partial charge in [-0.25, -0.2) is 0 Å². The van der Waals surface area contributed by atoms with E-state index in [4.69, 9.17) is 0 Å². The molecular weight excluding hydrogens is 236 g/mol. The fraction of sp³-hybridized carbons (Fsp3) is 0.625. The van der Waals surface area contributed by atoms with Crippen molar-refractivity contribution >= 4 is 0 Å². The number of likely N-dealkylation sites (tertiary alicyclic amines) is 1. The van der Waals surface area contributed by atoms with Gasteiger partial charge in [0.05, 0.1) is 0 Å². The van der Waals surface area contributed by atoms with Gasteiger partial charge in [0, 0.05) is 24.2 Å². The Morgan fingerprint density at radius 3 is 3.05 bits per heavy atom. The average molecular weight is 260 g/mol. The maximum Gasteiger partial charge on any atom is 0.120 e. The van der Waals surface area contributed by atoms with Crippen molar-refractivity contribution < 1.29 is 5.11 Å². The fourth-order valence-corrected chi connectivity index (χ4v) is 3.77. The van der Waals surface area contributed by atoms with Crippen LogP contribution in [0.4, 0.5) is 0 Å². The Labute approximate surface area is 115 Å². The average Bonchev–Trinajstić information content (AvgIpc) is 2.89. The Bertz CT molecular complexity index is 460. The first kappa shape index (κ1) is 12.9. The molecule has 2 saturated heterocycles. The van der Waals surface area contributed by atoms with Gasteiger partial charge in [0.25, 0.3) is 0 Å². The highest BCUT2D eigenvalue weighted by molar-refractivity contribution is 5.38. The highest BCUT2D eigenvalue weighted by atomic mass is 16.3. The second-order valence-electron chi connectivity index (χ2n) is 6.10. The molecule has 3 rings (SSSR count). The Morgan fingerprint density at radius 1 is 1.37 bits per heavy atom. The lowest BCUT2D eigenvalue weighted by atomic mass is 9.89. The maximum absolute atomic E-state index is 10.1. The predicted molar refractivity (Wildman–Crippen MR) is 77.3 cm³/mol. The van der Waals surface area contributed by atoms with Crippen molar-refractivity contribution in [1.82, 2.24) is 10.2 Å². The monoisotopic (exact) mass is 260 g/mol. The Hall–Kier alpha value is -1.06. The molecule has 0 aliphatic carbocycles. The summed E-state index contributed by atoms with van der Waals surface area (Å²) in [5, 5.41) is 13.7. The zero-order valence-electron chi connectivity index (χ0n) is 11.9. The molecule has 3 unspecified atom stereocenters. The SMILES string of the molecule is Cc1ccc(O)c(C(C)N2CCCC3CNCC32)c1. The van der Waals surface area contributed by atoms with Crippen molar-refractivity contribution in [2.75, 3.05) is 19.6 Å². The van der Waals surface area contributed by atoms with Crippen LogP contribution in [-0.2, 0) is 0 Å². The Kier molecular flexibility index (Phi) is 3.50. The van der Waals surface area contributed by atoms with Gasteiger partial charge in [0.1, 0.15) is 5.75 Å². The number of hydrogen-bond donors (Lipinski definition) is 2. The molecule has 3 heteroatoms. The van der Waals surface area contributed by atoms with Gasteiger partial charge >= 0.3 is 0 Å². The van der Waals surface area contributed by atoms with E-state index in [0.717, 1.165) is 31.1 Å². The van der Waals surface area contributed by atoms with Crippen LogP contribution < -0.4 is 5.32 Å². The smallest absolute Gasteiger partial charge is 0.120 e. The molecule has 3 nitrogen and oxygen atoms in total. The highest BCUT2D eigenvalue weighted by Gasteiger charge is 2.37. The molecule has 19 heavy (non-hydrogen) atoms. The van der Waals surface area contributed by atoms with Gasteiger partial charge in [0.2, 0.25) is 0 Å². The van der Waals surface area contributed by atoms with Crippen molar-refractivity contribution in [3.63, 3.8) is 0 Å². The quantitative estimate of drug-likeness (QED) is 0.857. The summed E-state index contributed by atoms with van der Waals surface area (Å²) in [5.74, 6) is 1.23. The molecule has 3 atom stereocenters. The van der Waals surface area contributed by atoms with E-state index in [9.17, 15) is 5.11 Å². The second kappa shape index (κ2) is 5.14. The minimum atomic E-state index is 0.299. The van der Waals surface area contributed by atoms with E-state index in [1.807, 2.05) is 12.1 Å². The number of phenolic OH excluding ortho intramolecular Hbond substituents is 1. The largest absolute Gasteiger partial charge is 0.508 e. The van der Waals surface area contributed by atoms with Gasteiger partial charge in [0.15, 0.2) is 0 Å². The van der Waals surface area contributed by atoms with Gasteiger partial charge in [-0.15, -0.1) is 0 Å². The third-order valence-electron chi connectivity index (χ3n) is 4.85. The molecule has 2 N–H and O–H groups in total. The van der Waals surface area contributed by atoms with Crippen LogP contribution in [-0.4, -0.2) is 35.7 Å². The first-order valence-electron chi connectivity index (χ1n) is 7.43. The first-order chi connectivity index (χ1) is 9.16. The van der Waals surface area contributed by atoms with Crippen LogP contribution >= 0.6 is 0 Å². The highest BCUT2D eigenvalue weighted by Crippen LogP contribution is 2.36. The number of phenols is 1. The molecule has 2 aliphatic rings. The number of fused-ring (bicyclic) bond motifs is 1. The van der Waals surface area contributed by atoms with Crippen molar-refractivity contribution in [3.8, 4) is 5.75 Å². The number of aromatic hydroxyl groups is 1. The van der Waals surface area contributed by atoms with E-state index in [-0.39, 0.29) is 0 Å². The summed E-state index contributed by atoms with van der Waals surface area (Å²) in [5.41, 5.74) is 2.30. The molecule has 2 fully saturated rings. The Balaban J connectivity index is 1.86. The minimum absolute atomic E-state index is 0.299. The van der Waals surface area contributed by atoms with Gasteiger partial charge in [-0.3, -0.25) is 4.90 Å². The molecule has 2 aliphatic heterocycles. The van der Waals surface area contributed by atoms with Crippen LogP contribution in [0, 0.1) is 12.8 Å². The number of nitrogens with zero attached hydrogens (tertiary/aromatic N) is 1. The molecule has 0 radical (unpaired) electrons. The lowest BCUT2D eigenvalue weighted by Gasteiger charge is -2.41. The van der Waals surface area contributed by atoms with Crippen LogP contribution in [0.1, 0.15) is 36.9 Å². The summed E-state index contributed by atoms with van der Waals surface area (Å²) in [6.45, 7) is 7.73. The van der Waals surface area contributed by atoms with Crippen LogP contribution in [0.5, 0.6) is 5.75 Å². The zero-order valence-corrected chi connectivity index (χ0v) is 11.9. The van der Waals surface area contributed by atoms with E-state index in [0.29, 0.717) is 17.8 Å². The number of hydrogen-bond acceptors (Lipinski definition) is 3. The number of nitrogens with one attached hydrogen (secondary N) is 1. The molecular formula is C16H24N2O. The third kappa shape index (κ3) is 2.37. The number of aryl methyl sites for hydroxylation is 1. The van der Waals surface area contributed by atoms with Crippen LogP contribution in [0.25, 0.3) is 0 Å². The normalized spacial score (nSPS) is 29.2. The summed E-state index contributed by atoms with van der Waals surface area (Å²) in [6, 6.07) is 6.87. The topological polar surface area (TPSA) is 35.5 Å². The first-order valence-corrected chi connectivity index (χ1v) is 7.43. The summed E-state index contributed by atoms with van der Waals surface area (Å²) in [6.07, 6.45) is 2.63. The van der Waals surface area contributed by atoms with Gasteiger partial charge in [-0.2, -0.15) is 0 Å². The molecule has 0 bridgehead atoms. The van der Waals surface area contributed by atoms with Crippen LogP contribution in [0.15, 0.2) is 18.2 Å². The number of benzene rings is 1. The summed E-state index contributed by atoms with van der Waals surface area (Å²) >= 11 is 0. The molecule has 0 saturated carbocycles. The van der Waals surface area contributed by atoms with Gasteiger partial charge in [-0.05, 0) is 51.8 Å². The molecule has 1 aromatic carbocycles. The fourth-order valence-electron chi connectivity index (χ4n) is 3.77. The predicted octanol–water partition coefficient (Wildman–Crippen LogP) is 2.45. The summed E-state index contributed by atoms with van der Waals surface area (Å²) < 4.78 is 0. The maximum atomic E-state index is 10.1. The van der Waals surface area contributed by atoms with Gasteiger partial charge < -0.3 is 10.4 Å². The van der Waals surface area contributed by atoms with Crippen LogP contribution in [0.2, 0.25) is 0 Å². The molecule has 0 spiro atoms. The lowest BCUT2D eigenvalue weighted by Crippen LogP contribution is -2.46. The molecule has 0 aromatic heterocycles. The van der Waals surface area contributed by atoms with E-state index in [1.54, 1.807) is 0 Å². The molecule has 2 heterocycles. The third-order valence-corrected chi connectivity index (χ3v) is 4.85. The zero-order chi connectivity index (χ0) is 13.4. The number of rotatable bonds is 2. The second-order valence-corrected chi connectivity index (χ2v) is 6.10. The van der Waals surface area contributed by atoms with Crippen molar-refractivity contribution in [2.24, 2.45) is 5.92 Å². The van der Waals surface area contributed by atoms with Crippen LogP contribution in [0.3, 0.4) is 0 Å². The standard InChI is InChI=1S/C16H24N2O/c1-11-5-6-16(19)14(8-11)12(2)18-7-3-4-13-9-17-10-15(13)18/h5-6,8,12-13,15,17,19H,3-4,7,9-10H2,1-2H3. The summed E-state index contributed by atoms with van der Waals surface area (Å²) in [4.78, 5) is 2.59. The van der Waals surface area contributed by atoms with E-state index in [1.165, 1.54) is 18.4 Å². The number of piperidine rings is 1. The molecule has 0 amide bonds. The van der Waals surface area contributed by atoms with E-state index < -0.39 is 0 Å². The molecule has 1 aromatic rings. The van der Waals surface area contributed by atoms with Gasteiger partial charge in [-0.1, -0.05) is 17.7 Å². The molecule has 104 valence electrons. The van der Waals surface area contributed by atoms with Crippen molar-refractivity contribution in [1.29, 1.82) is 0 Å². The van der Waals surface area contributed by atoms with E-state index in [2.05, 4.69) is 30.1 Å².